The topological polar surface area (TPSA) is 58.2 Å². The number of benzene rings is 1. The van der Waals surface area contributed by atoms with E-state index >= 15 is 0 Å². The van der Waals surface area contributed by atoms with E-state index in [1.807, 2.05) is 26.0 Å². The van der Waals surface area contributed by atoms with Crippen molar-refractivity contribution in [3.8, 4) is 0 Å². The molecule has 0 heterocycles. The van der Waals surface area contributed by atoms with Crippen molar-refractivity contribution in [1.29, 1.82) is 0 Å². The van der Waals surface area contributed by atoms with Crippen LogP contribution in [0.15, 0.2) is 12.1 Å². The van der Waals surface area contributed by atoms with Gasteiger partial charge in [-0.15, -0.1) is 0 Å². The van der Waals surface area contributed by atoms with E-state index in [1.54, 1.807) is 0 Å². The van der Waals surface area contributed by atoms with Gasteiger partial charge in [-0.05, 0) is 37.1 Å². The predicted octanol–water partition coefficient (Wildman–Crippen LogP) is 1.44. The van der Waals surface area contributed by atoms with Crippen molar-refractivity contribution in [1.82, 2.24) is 0 Å². The predicted molar refractivity (Wildman–Crippen MR) is 55.3 cm³/mol. The first-order valence-electron chi connectivity index (χ1n) is 4.20. The van der Waals surface area contributed by atoms with Gasteiger partial charge in [0, 0.05) is 11.4 Å². The lowest BCUT2D eigenvalue weighted by atomic mass is 10.1. The number of aryl methyl sites for hydroxylation is 2. The third-order valence-corrected chi connectivity index (χ3v) is 2.00. The summed E-state index contributed by atoms with van der Waals surface area (Å²) in [5.74, 6) is 0. The molecule has 0 saturated heterocycles. The zero-order chi connectivity index (χ0) is 10.6. The Bertz CT molecular complexity index is 326. The Balaban J connectivity index is 3.09. The quantitative estimate of drug-likeness (QED) is 0.709. The number of anilines is 2. The van der Waals surface area contributed by atoms with E-state index < -0.39 is 0 Å². The molecule has 0 aromatic heterocycles. The molecule has 0 aliphatic heterocycles. The summed E-state index contributed by atoms with van der Waals surface area (Å²) in [4.78, 5) is 20.5. The van der Waals surface area contributed by atoms with Gasteiger partial charge < -0.3 is 10.6 Å². The molecule has 0 unspecified atom stereocenters. The Morgan fingerprint density at radius 3 is 1.57 bits per heavy atom. The van der Waals surface area contributed by atoms with Crippen LogP contribution in [0.25, 0.3) is 0 Å². The summed E-state index contributed by atoms with van der Waals surface area (Å²) in [6.07, 6.45) is 1.27. The molecule has 0 fully saturated rings. The lowest BCUT2D eigenvalue weighted by Crippen LogP contribution is -2.01. The van der Waals surface area contributed by atoms with Crippen LogP contribution in [0.4, 0.5) is 11.4 Å². The highest BCUT2D eigenvalue weighted by molar-refractivity contribution is 5.79. The van der Waals surface area contributed by atoms with Crippen LogP contribution in [0.1, 0.15) is 11.1 Å². The maximum atomic E-state index is 10.3. The SMILES string of the molecule is Cc1cc(NC=O)c(C)cc1NC=O. The van der Waals surface area contributed by atoms with Crippen LogP contribution in [0.2, 0.25) is 0 Å². The summed E-state index contributed by atoms with van der Waals surface area (Å²) in [6, 6.07) is 3.63. The van der Waals surface area contributed by atoms with E-state index in [9.17, 15) is 9.59 Å². The smallest absolute Gasteiger partial charge is 0.211 e. The van der Waals surface area contributed by atoms with Gasteiger partial charge in [-0.1, -0.05) is 0 Å². The fourth-order valence-electron chi connectivity index (χ4n) is 1.25. The van der Waals surface area contributed by atoms with Gasteiger partial charge in [-0.3, -0.25) is 9.59 Å². The summed E-state index contributed by atoms with van der Waals surface area (Å²) >= 11 is 0. The first kappa shape index (κ1) is 10.2. The van der Waals surface area contributed by atoms with Gasteiger partial charge in [-0.2, -0.15) is 0 Å². The van der Waals surface area contributed by atoms with Crippen molar-refractivity contribution in [3.05, 3.63) is 23.3 Å². The number of rotatable bonds is 4. The minimum Gasteiger partial charge on any atom is -0.328 e. The summed E-state index contributed by atoms with van der Waals surface area (Å²) in [5, 5.41) is 5.18. The van der Waals surface area contributed by atoms with Crippen LogP contribution in [-0.4, -0.2) is 12.8 Å². The van der Waals surface area contributed by atoms with Gasteiger partial charge in [0.1, 0.15) is 0 Å². The second-order valence-corrected chi connectivity index (χ2v) is 3.01. The van der Waals surface area contributed by atoms with Crippen molar-refractivity contribution in [2.75, 3.05) is 10.6 Å². The Morgan fingerprint density at radius 1 is 0.929 bits per heavy atom. The molecular weight excluding hydrogens is 180 g/mol. The van der Waals surface area contributed by atoms with Gasteiger partial charge in [-0.25, -0.2) is 0 Å². The molecule has 4 nitrogen and oxygen atoms in total. The standard InChI is InChI=1S/C10H12N2O2/c1-7-3-10(12-6-14)8(2)4-9(7)11-5-13/h3-6H,1-2H3,(H,11,13)(H,12,14). The van der Waals surface area contributed by atoms with Crippen molar-refractivity contribution in [2.45, 2.75) is 13.8 Å². The largest absolute Gasteiger partial charge is 0.328 e. The Kier molecular flexibility index (Phi) is 3.23. The fraction of sp³-hybridized carbons (Fsp3) is 0.200. The molecule has 0 aliphatic carbocycles. The Morgan fingerprint density at radius 2 is 1.29 bits per heavy atom. The summed E-state index contributed by atoms with van der Waals surface area (Å²) in [5.41, 5.74) is 3.34. The van der Waals surface area contributed by atoms with E-state index in [1.165, 1.54) is 0 Å². The summed E-state index contributed by atoms with van der Waals surface area (Å²) in [6.45, 7) is 3.72. The third kappa shape index (κ3) is 2.10. The lowest BCUT2D eigenvalue weighted by Gasteiger charge is -2.09. The molecular formula is C10H12N2O2. The van der Waals surface area contributed by atoms with E-state index in [-0.39, 0.29) is 0 Å². The molecule has 1 rings (SSSR count). The van der Waals surface area contributed by atoms with E-state index in [0.717, 1.165) is 22.5 Å². The molecule has 1 aromatic carbocycles. The van der Waals surface area contributed by atoms with Crippen LogP contribution in [-0.2, 0) is 9.59 Å². The van der Waals surface area contributed by atoms with Crippen LogP contribution < -0.4 is 10.6 Å². The minimum absolute atomic E-state index is 0.634. The molecule has 0 radical (unpaired) electrons. The van der Waals surface area contributed by atoms with Gasteiger partial charge in [0.25, 0.3) is 0 Å². The highest BCUT2D eigenvalue weighted by Gasteiger charge is 2.02. The molecule has 0 saturated carbocycles. The van der Waals surface area contributed by atoms with Gasteiger partial charge in [0.05, 0.1) is 0 Å². The van der Waals surface area contributed by atoms with E-state index in [4.69, 9.17) is 0 Å². The molecule has 2 amide bonds. The van der Waals surface area contributed by atoms with Crippen molar-refractivity contribution in [3.63, 3.8) is 0 Å². The number of nitrogens with one attached hydrogen (secondary N) is 2. The third-order valence-electron chi connectivity index (χ3n) is 2.00. The first-order valence-corrected chi connectivity index (χ1v) is 4.20. The van der Waals surface area contributed by atoms with E-state index in [2.05, 4.69) is 10.6 Å². The average Bonchev–Trinajstić information content (AvgIpc) is 2.14. The van der Waals surface area contributed by atoms with Crippen molar-refractivity contribution < 1.29 is 9.59 Å². The molecule has 14 heavy (non-hydrogen) atoms. The van der Waals surface area contributed by atoms with E-state index in [0.29, 0.717) is 12.8 Å². The van der Waals surface area contributed by atoms with Gasteiger partial charge >= 0.3 is 0 Å². The maximum Gasteiger partial charge on any atom is 0.211 e. The number of carbonyl (C=O) groups is 2. The van der Waals surface area contributed by atoms with Crippen molar-refractivity contribution in [2.24, 2.45) is 0 Å². The molecule has 0 atom stereocenters. The molecule has 4 heteroatoms. The zero-order valence-electron chi connectivity index (χ0n) is 8.13. The highest BCUT2D eigenvalue weighted by atomic mass is 16.1. The second-order valence-electron chi connectivity index (χ2n) is 3.01. The fourth-order valence-corrected chi connectivity index (χ4v) is 1.25. The average molecular weight is 192 g/mol. The van der Waals surface area contributed by atoms with Crippen LogP contribution >= 0.6 is 0 Å². The van der Waals surface area contributed by atoms with Crippen molar-refractivity contribution >= 4 is 24.2 Å². The molecule has 1 aromatic rings. The first-order chi connectivity index (χ1) is 6.69. The summed E-state index contributed by atoms with van der Waals surface area (Å²) in [7, 11) is 0. The highest BCUT2D eigenvalue weighted by Crippen LogP contribution is 2.23. The number of hydrogen-bond acceptors (Lipinski definition) is 2. The molecule has 0 bridgehead atoms. The van der Waals surface area contributed by atoms with Gasteiger partial charge in [0.15, 0.2) is 0 Å². The van der Waals surface area contributed by atoms with Crippen LogP contribution in [0, 0.1) is 13.8 Å². The van der Waals surface area contributed by atoms with Crippen LogP contribution in [0.5, 0.6) is 0 Å². The maximum absolute atomic E-state index is 10.3. The number of amides is 2. The molecule has 74 valence electrons. The molecule has 0 spiro atoms. The normalized spacial score (nSPS) is 9.29. The summed E-state index contributed by atoms with van der Waals surface area (Å²) < 4.78 is 0. The molecule has 0 aliphatic rings. The van der Waals surface area contributed by atoms with Gasteiger partial charge in [0.2, 0.25) is 12.8 Å². The number of hydrogen-bond donors (Lipinski definition) is 2. The Labute approximate surface area is 82.3 Å². The monoisotopic (exact) mass is 192 g/mol. The molecule has 2 N–H and O–H groups in total. The van der Waals surface area contributed by atoms with Crippen LogP contribution in [0.3, 0.4) is 0 Å². The number of carbonyl (C=O) groups excluding carboxylic acids is 2. The second kappa shape index (κ2) is 4.41. The minimum atomic E-state index is 0.634. The Hall–Kier alpha value is -1.84. The zero-order valence-corrected chi connectivity index (χ0v) is 8.13. The lowest BCUT2D eigenvalue weighted by molar-refractivity contribution is -0.106.